The molecule has 0 saturated heterocycles. The largest absolute Gasteiger partial charge is 0.488 e. The van der Waals surface area contributed by atoms with Crippen molar-refractivity contribution >= 4 is 86.0 Å². The van der Waals surface area contributed by atoms with Gasteiger partial charge in [0, 0.05) is 19.6 Å². The number of halogens is 2. The number of esters is 1. The summed E-state index contributed by atoms with van der Waals surface area (Å²) in [7, 11) is 0. The Labute approximate surface area is 279 Å². The van der Waals surface area contributed by atoms with Crippen LogP contribution >= 0.6 is 68.3 Å². The Kier molecular flexibility index (Phi) is 10.1. The second kappa shape index (κ2) is 13.7. The predicted octanol–water partition coefficient (Wildman–Crippen LogP) is 6.43. The van der Waals surface area contributed by atoms with Crippen molar-refractivity contribution in [3.8, 4) is 5.75 Å². The van der Waals surface area contributed by atoms with Gasteiger partial charge in [0.1, 0.15) is 12.4 Å². The van der Waals surface area contributed by atoms with Crippen molar-refractivity contribution in [3.05, 3.63) is 128 Å². The zero-order chi connectivity index (χ0) is 29.8. The summed E-state index contributed by atoms with van der Waals surface area (Å²) in [6.07, 6.45) is 5.54. The molecule has 0 aliphatic carbocycles. The number of ether oxygens (including phenoxy) is 2. The molecule has 5 rings (SSSR count). The van der Waals surface area contributed by atoms with E-state index >= 15 is 0 Å². The number of benzene rings is 3. The van der Waals surface area contributed by atoms with E-state index in [1.54, 1.807) is 29.3 Å². The molecule has 0 bridgehead atoms. The number of thiazole rings is 1. The molecular weight excluding hydrogens is 794 g/mol. The summed E-state index contributed by atoms with van der Waals surface area (Å²) in [5.74, 6) is 0.184. The minimum absolute atomic E-state index is 0.200. The van der Waals surface area contributed by atoms with Gasteiger partial charge in [-0.05, 0) is 94.3 Å². The number of fused-ring (bicyclic) bond motifs is 1. The first-order valence-corrected chi connectivity index (χ1v) is 17.2. The molecule has 2 heterocycles. The van der Waals surface area contributed by atoms with Gasteiger partial charge in [0.25, 0.3) is 5.56 Å². The molecule has 10 heteroatoms. The van der Waals surface area contributed by atoms with Gasteiger partial charge in [0.2, 0.25) is 0 Å². The number of thioether (sulfide) groups is 1. The standard InChI is InChI=1S/C32H26I2N2O4S2/c1-4-15-40-29-21(16-22(33)18-24(29)34)17-25-30(37)36-28(20-11-13-23(41-3)14-12-20)26(31(38)39-5-2)27(35-32(36)42-25)19-9-7-6-8-10-19/h4,6-14,16-18,28H,1,5,15H2,2-3H3/b25-17-/t28-/m0/s1. The van der Waals surface area contributed by atoms with E-state index in [4.69, 9.17) is 14.5 Å². The van der Waals surface area contributed by atoms with E-state index in [-0.39, 0.29) is 12.2 Å². The third-order valence-corrected chi connectivity index (χ3v) is 9.63. The first kappa shape index (κ1) is 30.8. The molecule has 1 aliphatic rings. The Morgan fingerprint density at radius 3 is 2.55 bits per heavy atom. The zero-order valence-corrected chi connectivity index (χ0v) is 28.8. The summed E-state index contributed by atoms with van der Waals surface area (Å²) in [6.45, 7) is 6.07. The van der Waals surface area contributed by atoms with Crippen molar-refractivity contribution in [1.82, 2.24) is 4.57 Å². The fourth-order valence-electron chi connectivity index (χ4n) is 4.67. The molecule has 1 atom stereocenters. The molecule has 1 aromatic heterocycles. The SMILES string of the molecule is C=CCOc1c(I)cc(I)cc1/C=c1\sc2n(c1=O)[C@@H](c1ccc(SC)cc1)C(C(=O)OCC)=C(c1ccccc1)N=2. The predicted molar refractivity (Wildman–Crippen MR) is 187 cm³/mol. The van der Waals surface area contributed by atoms with Gasteiger partial charge in [-0.2, -0.15) is 0 Å². The van der Waals surface area contributed by atoms with Crippen LogP contribution in [0.4, 0.5) is 0 Å². The zero-order valence-electron chi connectivity index (χ0n) is 22.8. The number of nitrogens with zero attached hydrogens (tertiary/aromatic N) is 2. The molecule has 6 nitrogen and oxygen atoms in total. The number of hydrogen-bond donors (Lipinski definition) is 0. The highest BCUT2D eigenvalue weighted by atomic mass is 127. The lowest BCUT2D eigenvalue weighted by Gasteiger charge is -2.26. The first-order chi connectivity index (χ1) is 20.4. The van der Waals surface area contributed by atoms with E-state index in [2.05, 4.69) is 51.8 Å². The smallest absolute Gasteiger partial charge is 0.338 e. The molecular formula is C32H26I2N2O4S2. The van der Waals surface area contributed by atoms with Crippen LogP contribution in [0.2, 0.25) is 0 Å². The third kappa shape index (κ3) is 6.31. The van der Waals surface area contributed by atoms with Gasteiger partial charge in [-0.1, -0.05) is 66.5 Å². The van der Waals surface area contributed by atoms with E-state index in [0.29, 0.717) is 33.0 Å². The Morgan fingerprint density at radius 1 is 1.14 bits per heavy atom. The number of carbonyl (C=O) groups is 1. The van der Waals surface area contributed by atoms with Crippen molar-refractivity contribution in [1.29, 1.82) is 0 Å². The fraction of sp³-hybridized carbons (Fsp3) is 0.156. The number of hydrogen-bond acceptors (Lipinski definition) is 7. The fourth-order valence-corrected chi connectivity index (χ4v) is 8.11. The molecule has 0 unspecified atom stereocenters. The minimum Gasteiger partial charge on any atom is -0.488 e. The molecule has 0 radical (unpaired) electrons. The molecule has 1 aliphatic heterocycles. The maximum absolute atomic E-state index is 14.2. The van der Waals surface area contributed by atoms with Gasteiger partial charge in [0.05, 0.1) is 32.0 Å². The van der Waals surface area contributed by atoms with Crippen LogP contribution in [0.25, 0.3) is 11.8 Å². The third-order valence-electron chi connectivity index (χ3n) is 6.47. The molecule has 3 aromatic carbocycles. The maximum Gasteiger partial charge on any atom is 0.338 e. The van der Waals surface area contributed by atoms with Gasteiger partial charge in [-0.15, -0.1) is 11.8 Å². The van der Waals surface area contributed by atoms with E-state index in [0.717, 1.165) is 28.7 Å². The molecule has 0 spiro atoms. The average molecular weight is 821 g/mol. The van der Waals surface area contributed by atoms with Crippen molar-refractivity contribution in [3.63, 3.8) is 0 Å². The molecule has 4 aromatic rings. The van der Waals surface area contributed by atoms with Gasteiger partial charge in [-0.25, -0.2) is 9.79 Å². The summed E-state index contributed by atoms with van der Waals surface area (Å²) in [5.41, 5.74) is 2.95. The highest BCUT2D eigenvalue weighted by Crippen LogP contribution is 2.36. The Bertz CT molecular complexity index is 1860. The van der Waals surface area contributed by atoms with Crippen molar-refractivity contribution in [2.24, 2.45) is 4.99 Å². The monoisotopic (exact) mass is 820 g/mol. The van der Waals surface area contributed by atoms with E-state index in [1.165, 1.54) is 11.3 Å². The summed E-state index contributed by atoms with van der Waals surface area (Å²) >= 11 is 7.42. The number of carbonyl (C=O) groups excluding carboxylic acids is 1. The van der Waals surface area contributed by atoms with Crippen LogP contribution in [0.5, 0.6) is 5.75 Å². The van der Waals surface area contributed by atoms with Crippen LogP contribution in [-0.4, -0.2) is 30.0 Å². The van der Waals surface area contributed by atoms with Gasteiger partial charge in [0.15, 0.2) is 4.80 Å². The topological polar surface area (TPSA) is 69.9 Å². The molecule has 0 fully saturated rings. The number of aromatic nitrogens is 1. The lowest BCUT2D eigenvalue weighted by Crippen LogP contribution is -2.40. The molecule has 0 saturated carbocycles. The normalized spacial score (nSPS) is 14.8. The van der Waals surface area contributed by atoms with Gasteiger partial charge < -0.3 is 9.47 Å². The van der Waals surface area contributed by atoms with Crippen molar-refractivity contribution < 1.29 is 14.3 Å². The highest BCUT2D eigenvalue weighted by molar-refractivity contribution is 14.1. The van der Waals surface area contributed by atoms with Crippen LogP contribution in [0.3, 0.4) is 0 Å². The van der Waals surface area contributed by atoms with E-state index in [1.807, 2.05) is 79.1 Å². The molecule has 0 N–H and O–H groups in total. The van der Waals surface area contributed by atoms with Crippen LogP contribution in [0.15, 0.2) is 99.6 Å². The number of rotatable bonds is 9. The lowest BCUT2D eigenvalue weighted by atomic mass is 9.93. The van der Waals surface area contributed by atoms with Crippen LogP contribution in [-0.2, 0) is 9.53 Å². The van der Waals surface area contributed by atoms with Crippen LogP contribution in [0.1, 0.15) is 29.7 Å². The summed E-state index contributed by atoms with van der Waals surface area (Å²) in [6, 6.07) is 20.8. The second-order valence-corrected chi connectivity index (χ2v) is 13.4. The van der Waals surface area contributed by atoms with Crippen molar-refractivity contribution in [2.75, 3.05) is 19.5 Å². The highest BCUT2D eigenvalue weighted by Gasteiger charge is 2.35. The Morgan fingerprint density at radius 2 is 1.88 bits per heavy atom. The summed E-state index contributed by atoms with van der Waals surface area (Å²) in [5, 5.41) is 0. The van der Waals surface area contributed by atoms with E-state index < -0.39 is 12.0 Å². The quantitative estimate of drug-likeness (QED) is 0.0844. The maximum atomic E-state index is 14.2. The van der Waals surface area contributed by atoms with Crippen LogP contribution in [0, 0.1) is 7.14 Å². The summed E-state index contributed by atoms with van der Waals surface area (Å²) in [4.78, 5) is 34.4. The molecule has 42 heavy (non-hydrogen) atoms. The Balaban J connectivity index is 1.82. The van der Waals surface area contributed by atoms with Crippen LogP contribution < -0.4 is 19.6 Å². The first-order valence-electron chi connectivity index (χ1n) is 13.0. The van der Waals surface area contributed by atoms with Crippen molar-refractivity contribution in [2.45, 2.75) is 17.9 Å². The molecule has 214 valence electrons. The average Bonchev–Trinajstić information content (AvgIpc) is 3.30. The van der Waals surface area contributed by atoms with Gasteiger partial charge in [-0.3, -0.25) is 9.36 Å². The van der Waals surface area contributed by atoms with Gasteiger partial charge >= 0.3 is 5.97 Å². The van der Waals surface area contributed by atoms with E-state index in [9.17, 15) is 9.59 Å². The Hall–Kier alpha value is -2.68. The second-order valence-electron chi connectivity index (χ2n) is 9.11. The minimum atomic E-state index is -0.721. The molecule has 0 amide bonds. The summed E-state index contributed by atoms with van der Waals surface area (Å²) < 4.78 is 15.6. The lowest BCUT2D eigenvalue weighted by molar-refractivity contribution is -0.138.